The Morgan fingerprint density at radius 2 is 2.00 bits per heavy atom. The highest BCUT2D eigenvalue weighted by molar-refractivity contribution is 9.10. The maximum Gasteiger partial charge on any atom is 0.435 e. The molecule has 2 heterocycles. The van der Waals surface area contributed by atoms with Gasteiger partial charge in [-0.1, -0.05) is 0 Å². The summed E-state index contributed by atoms with van der Waals surface area (Å²) >= 11 is 3.19. The van der Waals surface area contributed by atoms with Crippen LogP contribution in [0.4, 0.5) is 13.2 Å². The van der Waals surface area contributed by atoms with Crippen LogP contribution in [-0.2, 0) is 6.18 Å². The van der Waals surface area contributed by atoms with Gasteiger partial charge in [-0.3, -0.25) is 0 Å². The van der Waals surface area contributed by atoms with Crippen LogP contribution in [0.5, 0.6) is 0 Å². The molecule has 7 heteroatoms. The van der Waals surface area contributed by atoms with E-state index in [0.717, 1.165) is 10.7 Å². The molecule has 0 amide bonds. The third kappa shape index (κ3) is 2.08. The molecule has 0 aliphatic carbocycles. The zero-order valence-electron chi connectivity index (χ0n) is 7.74. The molecule has 0 N–H and O–H groups in total. The van der Waals surface area contributed by atoms with Crippen LogP contribution in [0.15, 0.2) is 35.1 Å². The molecule has 0 saturated heterocycles. The number of aromatic nitrogens is 3. The molecular formula is C9H5BrF3N3. The summed E-state index contributed by atoms with van der Waals surface area (Å²) in [5.74, 6) is 0.318. The monoisotopic (exact) mass is 291 g/mol. The van der Waals surface area contributed by atoms with Crippen molar-refractivity contribution in [2.75, 3.05) is 0 Å². The van der Waals surface area contributed by atoms with Gasteiger partial charge in [-0.2, -0.15) is 18.3 Å². The van der Waals surface area contributed by atoms with Crippen LogP contribution in [0.1, 0.15) is 5.69 Å². The van der Waals surface area contributed by atoms with Crippen LogP contribution in [0, 0.1) is 0 Å². The topological polar surface area (TPSA) is 30.7 Å². The van der Waals surface area contributed by atoms with Crippen LogP contribution >= 0.6 is 15.9 Å². The minimum absolute atomic E-state index is 0.318. The summed E-state index contributed by atoms with van der Waals surface area (Å²) in [5, 5.41) is 3.41. The molecule has 3 nitrogen and oxygen atoms in total. The van der Waals surface area contributed by atoms with E-state index in [1.54, 1.807) is 12.1 Å². The molecular weight excluding hydrogens is 287 g/mol. The predicted octanol–water partition coefficient (Wildman–Crippen LogP) is 3.05. The molecule has 0 aliphatic rings. The lowest BCUT2D eigenvalue weighted by atomic mass is 10.4. The number of pyridine rings is 1. The minimum Gasteiger partial charge on any atom is -0.236 e. The van der Waals surface area contributed by atoms with Gasteiger partial charge in [0.1, 0.15) is 0 Å². The molecule has 2 aromatic heterocycles. The van der Waals surface area contributed by atoms with Crippen LogP contribution in [0.25, 0.3) is 5.82 Å². The maximum atomic E-state index is 12.3. The smallest absolute Gasteiger partial charge is 0.236 e. The highest BCUT2D eigenvalue weighted by Crippen LogP contribution is 2.28. The van der Waals surface area contributed by atoms with Crippen molar-refractivity contribution >= 4 is 15.9 Å². The molecule has 0 spiro atoms. The largest absolute Gasteiger partial charge is 0.435 e. The van der Waals surface area contributed by atoms with Gasteiger partial charge in [0.25, 0.3) is 0 Å². The van der Waals surface area contributed by atoms with Crippen molar-refractivity contribution in [1.29, 1.82) is 0 Å². The van der Waals surface area contributed by atoms with Gasteiger partial charge in [0.2, 0.25) is 0 Å². The van der Waals surface area contributed by atoms with Gasteiger partial charge in [0.15, 0.2) is 11.5 Å². The van der Waals surface area contributed by atoms with Gasteiger partial charge >= 0.3 is 6.18 Å². The molecule has 0 fully saturated rings. The van der Waals surface area contributed by atoms with E-state index in [1.807, 2.05) is 0 Å². The van der Waals surface area contributed by atoms with Crippen molar-refractivity contribution in [2.24, 2.45) is 0 Å². The maximum absolute atomic E-state index is 12.3. The number of hydrogen-bond acceptors (Lipinski definition) is 2. The van der Waals surface area contributed by atoms with E-state index in [4.69, 9.17) is 0 Å². The lowest BCUT2D eigenvalue weighted by molar-refractivity contribution is -0.141. The lowest BCUT2D eigenvalue weighted by Gasteiger charge is -2.03. The third-order valence-electron chi connectivity index (χ3n) is 1.84. The SMILES string of the molecule is FC(F)(F)c1ccn(-c2ncccc2Br)n1. The molecule has 0 bridgehead atoms. The summed E-state index contributed by atoms with van der Waals surface area (Å²) in [4.78, 5) is 3.93. The second kappa shape index (κ2) is 3.89. The van der Waals surface area contributed by atoms with E-state index in [0.29, 0.717) is 10.3 Å². The molecule has 84 valence electrons. The first kappa shape index (κ1) is 11.1. The van der Waals surface area contributed by atoms with Crippen molar-refractivity contribution < 1.29 is 13.2 Å². The number of rotatable bonds is 1. The van der Waals surface area contributed by atoms with Gasteiger partial charge in [0, 0.05) is 12.4 Å². The molecule has 0 aromatic carbocycles. The van der Waals surface area contributed by atoms with Crippen LogP contribution in [0.3, 0.4) is 0 Å². The Balaban J connectivity index is 2.44. The second-order valence-electron chi connectivity index (χ2n) is 2.95. The lowest BCUT2D eigenvalue weighted by Crippen LogP contribution is -2.08. The molecule has 0 radical (unpaired) electrons. The predicted molar refractivity (Wildman–Crippen MR) is 54.1 cm³/mol. The molecule has 16 heavy (non-hydrogen) atoms. The van der Waals surface area contributed by atoms with Crippen LogP contribution in [-0.4, -0.2) is 14.8 Å². The Kier molecular flexibility index (Phi) is 2.71. The summed E-state index contributed by atoms with van der Waals surface area (Å²) in [5.41, 5.74) is -0.940. The summed E-state index contributed by atoms with van der Waals surface area (Å²) in [7, 11) is 0. The molecule has 0 aliphatic heterocycles. The van der Waals surface area contributed by atoms with E-state index in [1.165, 1.54) is 12.4 Å². The molecule has 0 atom stereocenters. The molecule has 2 aromatic rings. The quantitative estimate of drug-likeness (QED) is 0.808. The highest BCUT2D eigenvalue weighted by atomic mass is 79.9. The summed E-state index contributed by atoms with van der Waals surface area (Å²) in [6.07, 6.45) is -1.74. The molecule has 0 unspecified atom stereocenters. The zero-order valence-corrected chi connectivity index (χ0v) is 9.33. The first-order valence-electron chi connectivity index (χ1n) is 4.22. The number of alkyl halides is 3. The van der Waals surface area contributed by atoms with Gasteiger partial charge in [-0.25, -0.2) is 9.67 Å². The average Bonchev–Trinajstić information content (AvgIpc) is 2.66. The van der Waals surface area contributed by atoms with Crippen LogP contribution < -0.4 is 0 Å². The van der Waals surface area contributed by atoms with E-state index in [-0.39, 0.29) is 0 Å². The van der Waals surface area contributed by atoms with Gasteiger partial charge < -0.3 is 0 Å². The zero-order chi connectivity index (χ0) is 11.8. The van der Waals surface area contributed by atoms with Crippen molar-refractivity contribution in [3.8, 4) is 5.82 Å². The number of hydrogen-bond donors (Lipinski definition) is 0. The van der Waals surface area contributed by atoms with Gasteiger partial charge in [-0.05, 0) is 34.1 Å². The Hall–Kier alpha value is -1.37. The van der Waals surface area contributed by atoms with Crippen molar-refractivity contribution in [1.82, 2.24) is 14.8 Å². The first-order valence-corrected chi connectivity index (χ1v) is 5.01. The number of nitrogens with zero attached hydrogens (tertiary/aromatic N) is 3. The van der Waals surface area contributed by atoms with Crippen LogP contribution in [0.2, 0.25) is 0 Å². The third-order valence-corrected chi connectivity index (χ3v) is 2.45. The van der Waals surface area contributed by atoms with E-state index < -0.39 is 11.9 Å². The van der Waals surface area contributed by atoms with E-state index >= 15 is 0 Å². The summed E-state index contributed by atoms with van der Waals surface area (Å²) in [6.45, 7) is 0. The van der Waals surface area contributed by atoms with Crippen molar-refractivity contribution in [3.63, 3.8) is 0 Å². The van der Waals surface area contributed by atoms with Gasteiger partial charge in [0.05, 0.1) is 4.47 Å². The Labute approximate surface area is 97.0 Å². The van der Waals surface area contributed by atoms with E-state index in [2.05, 4.69) is 26.0 Å². The highest BCUT2D eigenvalue weighted by Gasteiger charge is 2.33. The van der Waals surface area contributed by atoms with Crippen molar-refractivity contribution in [2.45, 2.75) is 6.18 Å². The fraction of sp³-hybridized carbons (Fsp3) is 0.111. The fourth-order valence-corrected chi connectivity index (χ4v) is 1.58. The average molecular weight is 292 g/mol. The van der Waals surface area contributed by atoms with Crippen molar-refractivity contribution in [3.05, 3.63) is 40.8 Å². The Bertz CT molecular complexity index is 507. The second-order valence-corrected chi connectivity index (χ2v) is 3.81. The number of halogens is 4. The standard InChI is InChI=1S/C9H5BrF3N3/c10-6-2-1-4-14-8(6)16-5-3-7(15-16)9(11,12)13/h1-5H. The minimum atomic E-state index is -4.44. The Morgan fingerprint density at radius 1 is 1.25 bits per heavy atom. The summed E-state index contributed by atoms with van der Waals surface area (Å²) < 4.78 is 38.6. The normalized spacial score (nSPS) is 11.8. The summed E-state index contributed by atoms with van der Waals surface area (Å²) in [6, 6.07) is 4.25. The fourth-order valence-electron chi connectivity index (χ4n) is 1.14. The Morgan fingerprint density at radius 3 is 2.56 bits per heavy atom. The molecule has 2 rings (SSSR count). The van der Waals surface area contributed by atoms with Gasteiger partial charge in [-0.15, -0.1) is 0 Å². The van der Waals surface area contributed by atoms with E-state index in [9.17, 15) is 13.2 Å². The molecule has 0 saturated carbocycles. The first-order chi connectivity index (χ1) is 7.48.